The van der Waals surface area contributed by atoms with Gasteiger partial charge in [0.1, 0.15) is 36.8 Å². The second-order valence-electron chi connectivity index (χ2n) is 12.0. The zero-order valence-electron chi connectivity index (χ0n) is 27.5. The molecule has 0 saturated carbocycles. The van der Waals surface area contributed by atoms with E-state index in [-0.39, 0.29) is 55.3 Å². The molecule has 3 aromatic carbocycles. The summed E-state index contributed by atoms with van der Waals surface area (Å²) in [6, 6.07) is 14.9. The van der Waals surface area contributed by atoms with E-state index in [4.69, 9.17) is 18.9 Å². The van der Waals surface area contributed by atoms with E-state index in [2.05, 4.69) is 10.3 Å². The molecule has 0 aliphatic carbocycles. The van der Waals surface area contributed by atoms with Gasteiger partial charge in [0.25, 0.3) is 11.8 Å². The first kappa shape index (κ1) is 36.4. The second-order valence-corrected chi connectivity index (χ2v) is 14.4. The van der Waals surface area contributed by atoms with Gasteiger partial charge in [-0.3, -0.25) is 24.4 Å². The van der Waals surface area contributed by atoms with Gasteiger partial charge >= 0.3 is 16.3 Å². The molecule has 2 aliphatic heterocycles. The van der Waals surface area contributed by atoms with E-state index >= 15 is 0 Å². The lowest BCUT2D eigenvalue weighted by molar-refractivity contribution is -0.126. The molecule has 1 fully saturated rings. The summed E-state index contributed by atoms with van der Waals surface area (Å²) in [6.07, 6.45) is 1.03. The number of hydrogen-bond acceptors (Lipinski definition) is 8. The third kappa shape index (κ3) is 8.21. The normalized spacial score (nSPS) is 18.8. The van der Waals surface area contributed by atoms with Gasteiger partial charge in [-0.1, -0.05) is 55.8 Å². The van der Waals surface area contributed by atoms with E-state index in [9.17, 15) is 33.8 Å². The number of ether oxygens (including phenoxy) is 4. The van der Waals surface area contributed by atoms with E-state index in [0.717, 1.165) is 9.80 Å². The predicted octanol–water partition coefficient (Wildman–Crippen LogP) is 7.65. The smallest absolute Gasteiger partial charge is 0.410 e. The number of rotatable bonds is 10. The maximum atomic E-state index is 14.8. The summed E-state index contributed by atoms with van der Waals surface area (Å²) >= 11 is 0. The summed E-state index contributed by atoms with van der Waals surface area (Å²) in [5.74, 6) is -1.01. The minimum Gasteiger partial charge on any atom is -0.486 e. The highest BCUT2D eigenvalue weighted by Gasteiger charge is 2.65. The van der Waals surface area contributed by atoms with Crippen molar-refractivity contribution in [1.82, 2.24) is 9.88 Å². The average molecular weight is 749 g/mol. The summed E-state index contributed by atoms with van der Waals surface area (Å²) in [6.45, 7) is 0.346. The third-order valence-corrected chi connectivity index (χ3v) is 9.60. The minimum atomic E-state index is -10.1. The first-order valence-corrected chi connectivity index (χ1v) is 17.8. The molecule has 6 rings (SSSR count). The average Bonchev–Trinajstić information content (AvgIpc) is 3.57. The van der Waals surface area contributed by atoms with Gasteiger partial charge in [-0.15, -0.1) is 0 Å². The monoisotopic (exact) mass is 748 g/mol. The van der Waals surface area contributed by atoms with Gasteiger partial charge in [-0.25, -0.2) is 4.79 Å². The molecule has 0 spiro atoms. The molecular weight excluding hydrogens is 715 g/mol. The van der Waals surface area contributed by atoms with Crippen LogP contribution in [0, 0.1) is 0 Å². The molecule has 1 unspecified atom stereocenters. The van der Waals surface area contributed by atoms with Crippen LogP contribution in [0.4, 0.5) is 35.6 Å². The van der Waals surface area contributed by atoms with Gasteiger partial charge in [-0.2, -0.15) is 0 Å². The number of hydrogen-bond donors (Lipinski definition) is 1. The molecule has 11 nitrogen and oxygen atoms in total. The lowest BCUT2D eigenvalue weighted by Gasteiger charge is -2.41. The maximum Gasteiger partial charge on any atom is 0.410 e. The van der Waals surface area contributed by atoms with Crippen molar-refractivity contribution >= 4 is 39.5 Å². The quantitative estimate of drug-likeness (QED) is 0.164. The summed E-state index contributed by atoms with van der Waals surface area (Å²) in [7, 11) is -8.75. The van der Waals surface area contributed by atoms with E-state index in [1.807, 2.05) is 0 Å². The number of methoxy groups -OCH3 is 1. The van der Waals surface area contributed by atoms with E-state index in [0.29, 0.717) is 35.8 Å². The van der Waals surface area contributed by atoms with Crippen LogP contribution in [0.2, 0.25) is 0 Å². The maximum absolute atomic E-state index is 14.8. The second kappa shape index (κ2) is 13.6. The van der Waals surface area contributed by atoms with Crippen molar-refractivity contribution in [3.8, 4) is 11.5 Å². The van der Waals surface area contributed by atoms with Gasteiger partial charge in [0.15, 0.2) is 11.5 Å². The van der Waals surface area contributed by atoms with E-state index in [1.54, 1.807) is 36.4 Å². The molecule has 4 aromatic rings. The lowest BCUT2D eigenvalue weighted by Crippen LogP contribution is -2.51. The highest BCUT2D eigenvalue weighted by molar-refractivity contribution is 8.45. The molecule has 3 heterocycles. The number of carbonyl (C=O) groups excluding carboxylic acids is 3. The van der Waals surface area contributed by atoms with Crippen LogP contribution in [0.25, 0.3) is 0 Å². The highest BCUT2D eigenvalue weighted by Crippen LogP contribution is 3.02. The summed E-state index contributed by atoms with van der Waals surface area (Å²) < 4.78 is 91.0. The highest BCUT2D eigenvalue weighted by atomic mass is 32.5. The zero-order valence-corrected chi connectivity index (χ0v) is 28.3. The first-order chi connectivity index (χ1) is 24.6. The van der Waals surface area contributed by atoms with Crippen molar-refractivity contribution in [2.45, 2.75) is 36.1 Å². The van der Waals surface area contributed by atoms with Crippen molar-refractivity contribution in [2.75, 3.05) is 37.1 Å². The van der Waals surface area contributed by atoms with Crippen molar-refractivity contribution in [1.29, 1.82) is 0 Å². The van der Waals surface area contributed by atoms with Crippen LogP contribution in [0.15, 0.2) is 102 Å². The van der Waals surface area contributed by atoms with Crippen LogP contribution in [0.3, 0.4) is 0 Å². The molecule has 276 valence electrons. The Kier molecular flexibility index (Phi) is 9.52. The third-order valence-electron chi connectivity index (χ3n) is 8.43. The molecule has 52 heavy (non-hydrogen) atoms. The molecule has 17 heteroatoms. The number of anilines is 2. The summed E-state index contributed by atoms with van der Waals surface area (Å²) in [5.41, 5.74) is 0.653. The summed E-state index contributed by atoms with van der Waals surface area (Å²) in [5, 5.41) is 2.71. The van der Waals surface area contributed by atoms with Crippen LogP contribution in [0.5, 0.6) is 11.5 Å². The van der Waals surface area contributed by atoms with Crippen LogP contribution < -0.4 is 19.7 Å². The number of aromatic nitrogens is 1. The SMILES string of the molecule is CO[C@@H]1C[C@H](C(=O)N(c2ccc(S(F)(F)(F)(F)F)cc2)C(C(=O)Nc2ccc3c(c2)OCCO3)c2cccnc2)N(C(=O)OCc2ccccc2)C1. The fraction of sp³-hybridized carbons (Fsp3) is 0.257. The predicted molar refractivity (Wildman–Crippen MR) is 181 cm³/mol. The molecular formula is C35H33F5N4O7S. The Morgan fingerprint density at radius 1 is 0.942 bits per heavy atom. The molecule has 2 aliphatic rings. The van der Waals surface area contributed by atoms with Crippen LogP contribution in [-0.2, 0) is 25.7 Å². The molecule has 0 radical (unpaired) electrons. The van der Waals surface area contributed by atoms with Crippen LogP contribution >= 0.6 is 10.2 Å². The van der Waals surface area contributed by atoms with Crippen molar-refractivity contribution in [3.63, 3.8) is 0 Å². The number of fused-ring (bicyclic) bond motifs is 1. The number of nitrogens with one attached hydrogen (secondary N) is 1. The summed E-state index contributed by atoms with van der Waals surface area (Å²) in [4.78, 5) is 46.4. The van der Waals surface area contributed by atoms with Gasteiger partial charge < -0.3 is 24.3 Å². The minimum absolute atomic E-state index is 0.0840. The molecule has 1 saturated heterocycles. The van der Waals surface area contributed by atoms with Crippen LogP contribution in [0.1, 0.15) is 23.6 Å². The van der Waals surface area contributed by atoms with Crippen molar-refractivity contribution in [2.24, 2.45) is 0 Å². The number of nitrogens with zero attached hydrogens (tertiary/aromatic N) is 3. The number of benzene rings is 3. The molecule has 0 bridgehead atoms. The molecule has 3 amide bonds. The first-order valence-electron chi connectivity index (χ1n) is 15.9. The van der Waals surface area contributed by atoms with E-state index < -0.39 is 51.2 Å². The lowest BCUT2D eigenvalue weighted by atomic mass is 10.0. The number of halogens is 5. The fourth-order valence-corrected chi connectivity index (χ4v) is 6.57. The van der Waals surface area contributed by atoms with Gasteiger partial charge in [0.05, 0.1) is 12.6 Å². The molecule has 3 atom stereocenters. The fourth-order valence-electron chi connectivity index (χ4n) is 5.92. The largest absolute Gasteiger partial charge is 0.486 e. The van der Waals surface area contributed by atoms with Crippen molar-refractivity contribution < 1.29 is 52.8 Å². The van der Waals surface area contributed by atoms with Gasteiger partial charge in [0, 0.05) is 48.9 Å². The number of carbonyl (C=O) groups is 3. The van der Waals surface area contributed by atoms with Crippen LogP contribution in [-0.4, -0.2) is 66.8 Å². The number of amides is 3. The Morgan fingerprint density at radius 3 is 2.31 bits per heavy atom. The van der Waals surface area contributed by atoms with Gasteiger partial charge in [0.2, 0.25) is 0 Å². The Morgan fingerprint density at radius 2 is 1.65 bits per heavy atom. The Balaban J connectivity index is 1.41. The van der Waals surface area contributed by atoms with Gasteiger partial charge in [-0.05, 0) is 48.0 Å². The number of pyridine rings is 1. The Hall–Kier alpha value is -5.42. The standard InChI is InChI=1S/C35H33F5N4O7S/c1-48-27-19-29(43(21-27)35(47)51-22-23-6-3-2-4-7-23)34(46)44(26-10-12-28(13-11-26)52(36,37,38,39)40)32(24-8-5-15-41-20-24)33(45)42-25-9-14-30-31(18-25)50-17-16-49-30/h2-15,18,20,27,29,32H,16-17,19,21-22H2,1H3,(H,42,45)/t27-,29-,32?/m1/s1. The Bertz CT molecular complexity index is 1940. The van der Waals surface area contributed by atoms with Crippen molar-refractivity contribution in [3.05, 3.63) is 108 Å². The zero-order chi connectivity index (χ0) is 37.2. The molecule has 1 aromatic heterocycles. The topological polar surface area (TPSA) is 120 Å². The van der Waals surface area contributed by atoms with E-state index in [1.165, 1.54) is 43.8 Å². The number of likely N-dealkylation sites (tertiary alicyclic amines) is 1. The molecule has 1 N–H and O–H groups in total. The Labute approximate surface area is 294 Å².